The van der Waals surface area contributed by atoms with Gasteiger partial charge in [0.15, 0.2) is 0 Å². The summed E-state index contributed by atoms with van der Waals surface area (Å²) in [5, 5.41) is 19.5. The number of rotatable bonds is 7. The van der Waals surface area contributed by atoms with Crippen molar-refractivity contribution >= 4 is 11.7 Å². The fraction of sp³-hybridized carbons (Fsp3) is 0.462. The molecule has 0 aliphatic carbocycles. The second-order valence-corrected chi connectivity index (χ2v) is 4.88. The van der Waals surface area contributed by atoms with Crippen molar-refractivity contribution in [2.24, 2.45) is 5.73 Å². The molecule has 1 rings (SSSR count). The minimum Gasteiger partial charge on any atom is -0.493 e. The van der Waals surface area contributed by atoms with E-state index in [1.54, 1.807) is 13.0 Å². The van der Waals surface area contributed by atoms with Crippen molar-refractivity contribution in [2.45, 2.75) is 32.2 Å². The Bertz CT molecular complexity index is 513. The van der Waals surface area contributed by atoms with Gasteiger partial charge in [-0.2, -0.15) is 0 Å². The normalized spacial score (nSPS) is 13.6. The maximum absolute atomic E-state index is 10.8. The molecule has 3 N–H and O–H groups in total. The van der Waals surface area contributed by atoms with Gasteiger partial charge in [0.05, 0.1) is 17.6 Å². The lowest BCUT2D eigenvalue weighted by molar-refractivity contribution is -0.384. The molecule has 0 aromatic heterocycles. The summed E-state index contributed by atoms with van der Waals surface area (Å²) in [5.74, 6) is -0.641. The topological polar surface area (TPSA) is 116 Å². The van der Waals surface area contributed by atoms with Crippen molar-refractivity contribution in [2.75, 3.05) is 6.61 Å². The van der Waals surface area contributed by atoms with E-state index in [4.69, 9.17) is 15.6 Å². The number of ether oxygens (including phenoxy) is 1. The highest BCUT2D eigenvalue weighted by Crippen LogP contribution is 2.24. The first-order chi connectivity index (χ1) is 9.24. The Labute approximate surface area is 116 Å². The summed E-state index contributed by atoms with van der Waals surface area (Å²) in [4.78, 5) is 21.0. The number of hydrogen-bond acceptors (Lipinski definition) is 5. The number of carbonyl (C=O) groups is 1. The Morgan fingerprint density at radius 1 is 1.55 bits per heavy atom. The molecule has 0 saturated carbocycles. The molecule has 0 amide bonds. The molecule has 0 spiro atoms. The molecular weight excluding hydrogens is 264 g/mol. The first-order valence-corrected chi connectivity index (χ1v) is 6.14. The molecule has 0 saturated heterocycles. The summed E-state index contributed by atoms with van der Waals surface area (Å²) in [7, 11) is 0. The molecule has 0 bridgehead atoms. The minimum absolute atomic E-state index is 0.0419. The molecule has 1 aromatic rings. The predicted molar refractivity (Wildman–Crippen MR) is 72.8 cm³/mol. The van der Waals surface area contributed by atoms with Gasteiger partial charge in [-0.15, -0.1) is 0 Å². The Morgan fingerprint density at radius 2 is 2.20 bits per heavy atom. The van der Waals surface area contributed by atoms with Gasteiger partial charge in [0.1, 0.15) is 11.3 Å². The highest BCUT2D eigenvalue weighted by molar-refractivity contribution is 5.77. The first kappa shape index (κ1) is 15.9. The summed E-state index contributed by atoms with van der Waals surface area (Å²) >= 11 is 0. The third-order valence-corrected chi connectivity index (χ3v) is 2.97. The van der Waals surface area contributed by atoms with E-state index >= 15 is 0 Å². The van der Waals surface area contributed by atoms with Crippen LogP contribution in [0, 0.1) is 17.0 Å². The van der Waals surface area contributed by atoms with Crippen LogP contribution in [0.5, 0.6) is 5.75 Å². The third-order valence-electron chi connectivity index (χ3n) is 2.97. The van der Waals surface area contributed by atoms with E-state index in [-0.39, 0.29) is 18.7 Å². The first-order valence-electron chi connectivity index (χ1n) is 6.14. The van der Waals surface area contributed by atoms with Crippen molar-refractivity contribution in [1.29, 1.82) is 0 Å². The SMILES string of the molecule is Cc1ccc([N+](=O)[O-])cc1OCCCC(C)(N)C(=O)O. The molecular formula is C13H18N2O5. The molecule has 0 heterocycles. The Hall–Kier alpha value is -2.15. The summed E-state index contributed by atoms with van der Waals surface area (Å²) in [6.45, 7) is 3.47. The maximum Gasteiger partial charge on any atom is 0.323 e. The molecule has 20 heavy (non-hydrogen) atoms. The van der Waals surface area contributed by atoms with Gasteiger partial charge in [-0.05, 0) is 38.3 Å². The fourth-order valence-electron chi connectivity index (χ4n) is 1.59. The standard InChI is InChI=1S/C13H18N2O5/c1-9-4-5-10(15(18)19)8-11(9)20-7-3-6-13(2,14)12(16)17/h4-5,8H,3,6-7,14H2,1-2H3,(H,16,17). The smallest absolute Gasteiger partial charge is 0.323 e. The molecule has 0 aliphatic rings. The fourth-order valence-corrected chi connectivity index (χ4v) is 1.59. The van der Waals surface area contributed by atoms with Crippen LogP contribution >= 0.6 is 0 Å². The van der Waals surface area contributed by atoms with E-state index in [0.29, 0.717) is 12.2 Å². The van der Waals surface area contributed by atoms with Gasteiger partial charge in [0, 0.05) is 6.07 Å². The summed E-state index contributed by atoms with van der Waals surface area (Å²) in [5.41, 5.74) is 5.04. The molecule has 1 atom stereocenters. The number of carboxylic acids is 1. The molecule has 7 nitrogen and oxygen atoms in total. The Morgan fingerprint density at radius 3 is 2.75 bits per heavy atom. The van der Waals surface area contributed by atoms with Gasteiger partial charge >= 0.3 is 5.97 Å². The van der Waals surface area contributed by atoms with Gasteiger partial charge in [-0.3, -0.25) is 14.9 Å². The van der Waals surface area contributed by atoms with Crippen molar-refractivity contribution in [1.82, 2.24) is 0 Å². The minimum atomic E-state index is -1.29. The molecule has 0 fully saturated rings. The average molecular weight is 282 g/mol. The van der Waals surface area contributed by atoms with Crippen molar-refractivity contribution in [3.8, 4) is 5.75 Å². The van der Waals surface area contributed by atoms with Gasteiger partial charge < -0.3 is 15.6 Å². The predicted octanol–water partition coefficient (Wildman–Crippen LogP) is 1.86. The number of nitrogens with zero attached hydrogens (tertiary/aromatic N) is 1. The van der Waals surface area contributed by atoms with Crippen LogP contribution in [-0.4, -0.2) is 28.1 Å². The van der Waals surface area contributed by atoms with Crippen LogP contribution in [0.25, 0.3) is 0 Å². The number of benzene rings is 1. The van der Waals surface area contributed by atoms with E-state index in [1.165, 1.54) is 19.1 Å². The lowest BCUT2D eigenvalue weighted by Crippen LogP contribution is -2.44. The molecule has 0 radical (unpaired) electrons. The van der Waals surface area contributed by atoms with E-state index in [2.05, 4.69) is 0 Å². The number of nitrogens with two attached hydrogens (primary N) is 1. The van der Waals surface area contributed by atoms with Crippen molar-refractivity contribution < 1.29 is 19.6 Å². The largest absolute Gasteiger partial charge is 0.493 e. The summed E-state index contributed by atoms with van der Waals surface area (Å²) in [6, 6.07) is 4.37. The van der Waals surface area contributed by atoms with Crippen LogP contribution in [0.15, 0.2) is 18.2 Å². The van der Waals surface area contributed by atoms with E-state index in [0.717, 1.165) is 5.56 Å². The van der Waals surface area contributed by atoms with E-state index < -0.39 is 16.4 Å². The second kappa shape index (κ2) is 6.33. The molecule has 1 unspecified atom stereocenters. The average Bonchev–Trinajstić information content (AvgIpc) is 2.36. The van der Waals surface area contributed by atoms with Crippen LogP contribution in [-0.2, 0) is 4.79 Å². The highest BCUT2D eigenvalue weighted by atomic mass is 16.6. The molecule has 110 valence electrons. The van der Waals surface area contributed by atoms with Gasteiger partial charge in [-0.25, -0.2) is 0 Å². The zero-order chi connectivity index (χ0) is 15.3. The van der Waals surface area contributed by atoms with E-state index in [1.807, 2.05) is 0 Å². The third kappa shape index (κ3) is 4.20. The zero-order valence-corrected chi connectivity index (χ0v) is 11.5. The Balaban J connectivity index is 2.56. The number of aliphatic carboxylic acids is 1. The van der Waals surface area contributed by atoms with Crippen LogP contribution in [0.2, 0.25) is 0 Å². The summed E-state index contributed by atoms with van der Waals surface area (Å²) < 4.78 is 5.45. The van der Waals surface area contributed by atoms with Crippen LogP contribution in [0.1, 0.15) is 25.3 Å². The molecule has 0 aliphatic heterocycles. The zero-order valence-electron chi connectivity index (χ0n) is 11.5. The lowest BCUT2D eigenvalue weighted by Gasteiger charge is -2.18. The number of hydrogen-bond donors (Lipinski definition) is 2. The highest BCUT2D eigenvalue weighted by Gasteiger charge is 2.26. The van der Waals surface area contributed by atoms with E-state index in [9.17, 15) is 14.9 Å². The van der Waals surface area contributed by atoms with Crippen LogP contribution < -0.4 is 10.5 Å². The lowest BCUT2D eigenvalue weighted by atomic mass is 9.98. The number of nitro benzene ring substituents is 1. The maximum atomic E-state index is 10.8. The second-order valence-electron chi connectivity index (χ2n) is 4.88. The molecule has 7 heteroatoms. The van der Waals surface area contributed by atoms with Crippen molar-refractivity contribution in [3.63, 3.8) is 0 Å². The van der Waals surface area contributed by atoms with Gasteiger partial charge in [0.2, 0.25) is 0 Å². The Kier molecular flexibility index (Phi) is 5.04. The van der Waals surface area contributed by atoms with Crippen LogP contribution in [0.3, 0.4) is 0 Å². The number of nitro groups is 1. The molecule has 1 aromatic carbocycles. The quantitative estimate of drug-likeness (QED) is 0.448. The van der Waals surface area contributed by atoms with Gasteiger partial charge in [0.25, 0.3) is 5.69 Å². The van der Waals surface area contributed by atoms with Crippen molar-refractivity contribution in [3.05, 3.63) is 33.9 Å². The number of carboxylic acid groups (broad SMARTS) is 1. The number of non-ortho nitro benzene ring substituents is 1. The monoisotopic (exact) mass is 282 g/mol. The van der Waals surface area contributed by atoms with Crippen LogP contribution in [0.4, 0.5) is 5.69 Å². The van der Waals surface area contributed by atoms with Gasteiger partial charge in [-0.1, -0.05) is 0 Å². The number of aryl methyl sites for hydroxylation is 1. The summed E-state index contributed by atoms with van der Waals surface area (Å²) in [6.07, 6.45) is 0.706.